The highest BCUT2D eigenvalue weighted by Gasteiger charge is 2.21. The van der Waals surface area contributed by atoms with Gasteiger partial charge in [-0.1, -0.05) is 0 Å². The molecule has 0 saturated heterocycles. The Kier molecular flexibility index (Phi) is 5.16. The summed E-state index contributed by atoms with van der Waals surface area (Å²) in [4.78, 5) is 16.6. The SMILES string of the molecule is Nc1nc(-c2nc(Cc3c(F)ccc(F)c3F)n3cc(F)ccc23)ncc1-c1cncc(F)c1. The van der Waals surface area contributed by atoms with E-state index < -0.39 is 41.1 Å². The molecule has 34 heavy (non-hydrogen) atoms. The van der Waals surface area contributed by atoms with Crippen molar-refractivity contribution in [3.63, 3.8) is 0 Å². The highest BCUT2D eigenvalue weighted by molar-refractivity contribution is 5.78. The van der Waals surface area contributed by atoms with Gasteiger partial charge in [0.05, 0.1) is 11.7 Å². The molecule has 170 valence electrons. The van der Waals surface area contributed by atoms with Crippen LogP contribution in [0, 0.1) is 29.1 Å². The van der Waals surface area contributed by atoms with Gasteiger partial charge in [-0.25, -0.2) is 36.9 Å². The van der Waals surface area contributed by atoms with Gasteiger partial charge in [0, 0.05) is 41.7 Å². The molecule has 0 saturated carbocycles. The van der Waals surface area contributed by atoms with E-state index >= 15 is 0 Å². The number of nitrogens with two attached hydrogens (primary N) is 1. The van der Waals surface area contributed by atoms with Crippen molar-refractivity contribution in [3.05, 3.63) is 95.6 Å². The molecule has 0 fully saturated rings. The fourth-order valence-corrected chi connectivity index (χ4v) is 3.59. The lowest BCUT2D eigenvalue weighted by Gasteiger charge is -2.06. The number of nitrogen functional groups attached to an aromatic ring is 1. The molecule has 0 bridgehead atoms. The summed E-state index contributed by atoms with van der Waals surface area (Å²) >= 11 is 0. The first kappa shape index (κ1) is 21.4. The Morgan fingerprint density at radius 1 is 0.853 bits per heavy atom. The van der Waals surface area contributed by atoms with E-state index in [0.717, 1.165) is 18.5 Å². The second-order valence-electron chi connectivity index (χ2n) is 7.36. The molecule has 0 radical (unpaired) electrons. The highest BCUT2D eigenvalue weighted by atomic mass is 19.2. The van der Waals surface area contributed by atoms with Gasteiger partial charge in [0.25, 0.3) is 0 Å². The number of pyridine rings is 2. The van der Waals surface area contributed by atoms with Crippen molar-refractivity contribution < 1.29 is 22.0 Å². The predicted molar refractivity (Wildman–Crippen MR) is 113 cm³/mol. The molecule has 2 N–H and O–H groups in total. The van der Waals surface area contributed by atoms with Gasteiger partial charge in [0.2, 0.25) is 0 Å². The van der Waals surface area contributed by atoms with Crippen molar-refractivity contribution in [2.24, 2.45) is 0 Å². The zero-order valence-corrected chi connectivity index (χ0v) is 17.1. The smallest absolute Gasteiger partial charge is 0.182 e. The maximum absolute atomic E-state index is 14.2. The number of rotatable bonds is 4. The number of fused-ring (bicyclic) bond motifs is 1. The molecule has 0 aliphatic carbocycles. The quantitative estimate of drug-likeness (QED) is 0.305. The average molecular weight is 468 g/mol. The van der Waals surface area contributed by atoms with Crippen molar-refractivity contribution >= 4 is 11.3 Å². The van der Waals surface area contributed by atoms with Gasteiger partial charge in [-0.05, 0) is 30.3 Å². The zero-order chi connectivity index (χ0) is 24.0. The van der Waals surface area contributed by atoms with Gasteiger partial charge in [-0.15, -0.1) is 0 Å². The normalized spacial score (nSPS) is 11.3. The number of anilines is 1. The largest absolute Gasteiger partial charge is 0.383 e. The van der Waals surface area contributed by atoms with Crippen LogP contribution in [0.15, 0.2) is 55.1 Å². The summed E-state index contributed by atoms with van der Waals surface area (Å²) in [5.74, 6) is -4.68. The van der Waals surface area contributed by atoms with Crippen LogP contribution < -0.4 is 5.73 Å². The fraction of sp³-hybridized carbons (Fsp3) is 0.0435. The van der Waals surface area contributed by atoms with Crippen molar-refractivity contribution in [2.75, 3.05) is 5.73 Å². The van der Waals surface area contributed by atoms with Crippen molar-refractivity contribution in [3.8, 4) is 22.6 Å². The molecule has 4 aromatic heterocycles. The van der Waals surface area contributed by atoms with Crippen LogP contribution in [0.2, 0.25) is 0 Å². The van der Waals surface area contributed by atoms with Crippen LogP contribution in [0.25, 0.3) is 28.2 Å². The third-order valence-corrected chi connectivity index (χ3v) is 5.19. The Labute approximate surface area is 188 Å². The molecule has 6 nitrogen and oxygen atoms in total. The third-order valence-electron chi connectivity index (χ3n) is 5.19. The topological polar surface area (TPSA) is 82.0 Å². The van der Waals surface area contributed by atoms with Crippen molar-refractivity contribution in [1.29, 1.82) is 0 Å². The van der Waals surface area contributed by atoms with Gasteiger partial charge in [0.1, 0.15) is 34.8 Å². The summed E-state index contributed by atoms with van der Waals surface area (Å²) in [5.41, 5.74) is 6.67. The van der Waals surface area contributed by atoms with E-state index in [1.807, 2.05) is 0 Å². The lowest BCUT2D eigenvalue weighted by Crippen LogP contribution is -2.04. The number of aromatic nitrogens is 5. The summed E-state index contributed by atoms with van der Waals surface area (Å²) in [5, 5.41) is 0. The summed E-state index contributed by atoms with van der Waals surface area (Å²) in [6.07, 6.45) is 4.40. The van der Waals surface area contributed by atoms with Crippen LogP contribution >= 0.6 is 0 Å². The van der Waals surface area contributed by atoms with Crippen molar-refractivity contribution in [2.45, 2.75) is 6.42 Å². The van der Waals surface area contributed by atoms with E-state index in [9.17, 15) is 22.0 Å². The average Bonchev–Trinajstić information content (AvgIpc) is 3.16. The molecule has 0 aliphatic rings. The van der Waals surface area contributed by atoms with E-state index in [1.165, 1.54) is 35.0 Å². The zero-order valence-electron chi connectivity index (χ0n) is 17.1. The molecule has 1 aromatic carbocycles. The molecule has 5 rings (SSSR count). The minimum Gasteiger partial charge on any atom is -0.383 e. The number of benzene rings is 1. The number of nitrogens with zero attached hydrogens (tertiary/aromatic N) is 5. The molecule has 0 aliphatic heterocycles. The molecule has 0 unspecified atom stereocenters. The number of hydrogen-bond acceptors (Lipinski definition) is 5. The molecule has 0 atom stereocenters. The Morgan fingerprint density at radius 3 is 2.41 bits per heavy atom. The molecular formula is C23H13F5N6. The Balaban J connectivity index is 1.63. The number of halogens is 5. The first-order chi connectivity index (χ1) is 16.3. The van der Waals surface area contributed by atoms with Gasteiger partial charge >= 0.3 is 0 Å². The summed E-state index contributed by atoms with van der Waals surface area (Å²) in [7, 11) is 0. The van der Waals surface area contributed by atoms with Gasteiger partial charge in [-0.3, -0.25) is 9.38 Å². The summed E-state index contributed by atoms with van der Waals surface area (Å²) in [6, 6.07) is 5.26. The van der Waals surface area contributed by atoms with E-state index in [4.69, 9.17) is 5.73 Å². The van der Waals surface area contributed by atoms with Crippen LogP contribution in [0.3, 0.4) is 0 Å². The lowest BCUT2D eigenvalue weighted by atomic mass is 10.1. The van der Waals surface area contributed by atoms with E-state index in [1.54, 1.807) is 0 Å². The molecule has 0 amide bonds. The first-order valence-electron chi connectivity index (χ1n) is 9.84. The Bertz CT molecular complexity index is 1570. The number of imidazole rings is 1. The van der Waals surface area contributed by atoms with E-state index in [-0.39, 0.29) is 23.2 Å². The maximum Gasteiger partial charge on any atom is 0.182 e. The molecular weight excluding hydrogens is 455 g/mol. The summed E-state index contributed by atoms with van der Waals surface area (Å²) in [6.45, 7) is 0. The standard InChI is InChI=1S/C23H13F5N6/c24-12-1-4-18-21(23-31-9-15(22(29)33-23)11-5-13(25)8-30-7-11)32-19(34(18)10-12)6-14-16(26)2-3-17(27)20(14)28/h1-5,7-10H,6H2,(H2,29,31,33). The predicted octanol–water partition coefficient (Wildman–Crippen LogP) is 4.72. The minimum atomic E-state index is -1.36. The van der Waals surface area contributed by atoms with Crippen LogP contribution in [-0.2, 0) is 6.42 Å². The second-order valence-corrected chi connectivity index (χ2v) is 7.36. The summed E-state index contributed by atoms with van der Waals surface area (Å²) < 4.78 is 70.9. The van der Waals surface area contributed by atoms with E-state index in [2.05, 4.69) is 19.9 Å². The van der Waals surface area contributed by atoms with Crippen LogP contribution in [0.4, 0.5) is 27.8 Å². The number of hydrogen-bond donors (Lipinski definition) is 1. The van der Waals surface area contributed by atoms with Crippen molar-refractivity contribution in [1.82, 2.24) is 24.3 Å². The van der Waals surface area contributed by atoms with Gasteiger partial charge in [0.15, 0.2) is 17.5 Å². The van der Waals surface area contributed by atoms with Gasteiger partial charge in [-0.2, -0.15) is 0 Å². The second kappa shape index (κ2) is 8.18. The first-order valence-corrected chi connectivity index (χ1v) is 9.84. The van der Waals surface area contributed by atoms with Crippen LogP contribution in [-0.4, -0.2) is 24.3 Å². The molecule has 0 spiro atoms. The lowest BCUT2D eigenvalue weighted by molar-refractivity contribution is 0.481. The Hall–Kier alpha value is -4.41. The van der Waals surface area contributed by atoms with E-state index in [0.29, 0.717) is 22.7 Å². The minimum absolute atomic E-state index is 0.00410. The molecule has 5 aromatic rings. The molecule has 4 heterocycles. The maximum atomic E-state index is 14.2. The van der Waals surface area contributed by atoms with Crippen LogP contribution in [0.5, 0.6) is 0 Å². The molecule has 11 heteroatoms. The van der Waals surface area contributed by atoms with Crippen LogP contribution in [0.1, 0.15) is 11.4 Å². The highest BCUT2D eigenvalue weighted by Crippen LogP contribution is 2.29. The monoisotopic (exact) mass is 468 g/mol. The third kappa shape index (κ3) is 3.70. The Morgan fingerprint density at radius 2 is 1.65 bits per heavy atom. The fourth-order valence-electron chi connectivity index (χ4n) is 3.59. The van der Waals surface area contributed by atoms with Gasteiger partial charge < -0.3 is 5.73 Å².